The number of hydrogen-bond acceptors (Lipinski definition) is 3. The van der Waals surface area contributed by atoms with Gasteiger partial charge in [0.25, 0.3) is 0 Å². The highest BCUT2D eigenvalue weighted by atomic mass is 15.5. The van der Waals surface area contributed by atoms with Crippen LogP contribution in [0.25, 0.3) is 0 Å². The Balaban J connectivity index is 2.64. The number of nitrogens with one attached hydrogen (secondary N) is 2. The molecule has 78 valence electrons. The molecule has 5 nitrogen and oxygen atoms in total. The van der Waals surface area contributed by atoms with E-state index in [9.17, 15) is 0 Å². The van der Waals surface area contributed by atoms with Crippen LogP contribution >= 0.6 is 0 Å². The van der Waals surface area contributed by atoms with Gasteiger partial charge in [-0.15, -0.1) is 0 Å². The molecule has 2 N–H and O–H groups in total. The zero-order valence-electron chi connectivity index (χ0n) is 8.53. The van der Waals surface area contributed by atoms with Crippen LogP contribution in [-0.4, -0.2) is 43.0 Å². The summed E-state index contributed by atoms with van der Waals surface area (Å²) in [7, 11) is 0. The smallest absolute Gasteiger partial charge is 0.124 e. The molecule has 0 aromatic rings. The van der Waals surface area contributed by atoms with Crippen molar-refractivity contribution >= 4 is 18.9 Å². The molecule has 0 aromatic carbocycles. The average Bonchev–Trinajstić information content (AvgIpc) is 2.21. The normalized spacial score (nSPS) is 22.9. The maximum Gasteiger partial charge on any atom is 0.124 e. The van der Waals surface area contributed by atoms with E-state index >= 15 is 0 Å². The largest absolute Gasteiger partial charge is 0.315 e. The maximum atomic E-state index is 6.90. The number of aliphatic imine (C=N–C) groups is 1. The second kappa shape index (κ2) is 5.49. The fourth-order valence-electron chi connectivity index (χ4n) is 1.68. The molecule has 0 aliphatic carbocycles. The zero-order valence-corrected chi connectivity index (χ0v) is 8.53. The topological polar surface area (TPSA) is 63.8 Å². The lowest BCUT2D eigenvalue weighted by Crippen LogP contribution is -2.45. The molecular weight excluding hydrogens is 178 g/mol. The van der Waals surface area contributed by atoms with Crippen molar-refractivity contribution in [3.8, 4) is 0 Å². The first-order valence-corrected chi connectivity index (χ1v) is 4.79. The molecule has 1 saturated heterocycles. The number of hydrazone groups is 1. The molecule has 0 unspecified atom stereocenters. The van der Waals surface area contributed by atoms with Crippen molar-refractivity contribution < 1.29 is 0 Å². The maximum absolute atomic E-state index is 6.90. The summed E-state index contributed by atoms with van der Waals surface area (Å²) in [6.07, 6.45) is 3.27. The van der Waals surface area contributed by atoms with Gasteiger partial charge in [0.15, 0.2) is 0 Å². The molecule has 0 amide bonds. The number of nitrogens with zero attached hydrogens (tertiary/aromatic N) is 3. The lowest BCUT2D eigenvalue weighted by Gasteiger charge is -2.31. The third-order valence-electron chi connectivity index (χ3n) is 2.35. The Morgan fingerprint density at radius 3 is 3.00 bits per heavy atom. The van der Waals surface area contributed by atoms with Gasteiger partial charge in [-0.1, -0.05) is 0 Å². The van der Waals surface area contributed by atoms with Crippen LogP contribution in [0, 0.1) is 5.41 Å². The minimum atomic E-state index is 0.324. The van der Waals surface area contributed by atoms with Gasteiger partial charge in [-0.3, -0.25) is 5.41 Å². The van der Waals surface area contributed by atoms with E-state index in [1.54, 1.807) is 5.01 Å². The van der Waals surface area contributed by atoms with Gasteiger partial charge in [0.05, 0.1) is 6.04 Å². The van der Waals surface area contributed by atoms with Gasteiger partial charge < -0.3 is 5.32 Å². The Morgan fingerprint density at radius 1 is 1.71 bits per heavy atom. The van der Waals surface area contributed by atoms with Crippen molar-refractivity contribution in [2.24, 2.45) is 10.1 Å². The van der Waals surface area contributed by atoms with E-state index in [-0.39, 0.29) is 0 Å². The van der Waals surface area contributed by atoms with E-state index in [0.29, 0.717) is 6.04 Å². The molecule has 1 heterocycles. The predicted molar refractivity (Wildman–Crippen MR) is 59.2 cm³/mol. The van der Waals surface area contributed by atoms with Crippen molar-refractivity contribution in [1.29, 1.82) is 5.41 Å². The van der Waals surface area contributed by atoms with Gasteiger partial charge in [-0.2, -0.15) is 5.10 Å². The Labute approximate surface area is 84.4 Å². The minimum Gasteiger partial charge on any atom is -0.315 e. The fraction of sp³-hybridized carbons (Fsp3) is 0.667. The van der Waals surface area contributed by atoms with E-state index in [2.05, 4.69) is 22.1 Å². The summed E-state index contributed by atoms with van der Waals surface area (Å²) in [4.78, 5) is 3.89. The van der Waals surface area contributed by atoms with Gasteiger partial charge in [-0.25, -0.2) is 10.0 Å². The summed E-state index contributed by atoms with van der Waals surface area (Å²) >= 11 is 0. The third kappa shape index (κ3) is 2.63. The van der Waals surface area contributed by atoms with E-state index in [1.807, 2.05) is 6.92 Å². The van der Waals surface area contributed by atoms with Crippen molar-refractivity contribution in [2.75, 3.05) is 13.1 Å². The van der Waals surface area contributed by atoms with Crippen molar-refractivity contribution in [1.82, 2.24) is 10.3 Å². The van der Waals surface area contributed by atoms with E-state index in [1.165, 1.54) is 0 Å². The first kappa shape index (κ1) is 10.8. The van der Waals surface area contributed by atoms with Crippen LogP contribution < -0.4 is 5.32 Å². The van der Waals surface area contributed by atoms with Gasteiger partial charge in [0.1, 0.15) is 12.2 Å². The van der Waals surface area contributed by atoms with Gasteiger partial charge in [-0.05, 0) is 26.3 Å². The van der Waals surface area contributed by atoms with Crippen LogP contribution in [0.1, 0.15) is 19.8 Å². The SMILES string of the molecule is C=NN(/C(C)=N/C=N)[C@@H]1CCCNC1. The zero-order chi connectivity index (χ0) is 10.4. The first-order valence-electron chi connectivity index (χ1n) is 4.79. The Bertz CT molecular complexity index is 229. The molecule has 1 aliphatic rings. The summed E-state index contributed by atoms with van der Waals surface area (Å²) in [6, 6.07) is 0.324. The van der Waals surface area contributed by atoms with Crippen LogP contribution in [0.4, 0.5) is 0 Å². The van der Waals surface area contributed by atoms with Crippen LogP contribution in [0.15, 0.2) is 10.1 Å². The Morgan fingerprint density at radius 2 is 2.50 bits per heavy atom. The molecule has 0 spiro atoms. The van der Waals surface area contributed by atoms with Crippen molar-refractivity contribution in [3.05, 3.63) is 0 Å². The third-order valence-corrected chi connectivity index (χ3v) is 2.35. The second-order valence-electron chi connectivity index (χ2n) is 3.29. The fourth-order valence-corrected chi connectivity index (χ4v) is 1.68. The predicted octanol–water partition coefficient (Wildman–Crippen LogP) is 0.681. The molecule has 1 atom stereocenters. The molecule has 0 bridgehead atoms. The molecule has 1 aliphatic heterocycles. The summed E-state index contributed by atoms with van der Waals surface area (Å²) in [5.41, 5.74) is 0. The summed E-state index contributed by atoms with van der Waals surface area (Å²) in [6.45, 7) is 7.35. The lowest BCUT2D eigenvalue weighted by atomic mass is 10.1. The summed E-state index contributed by atoms with van der Waals surface area (Å²) in [5, 5.41) is 15.9. The number of hydrogen-bond donors (Lipinski definition) is 2. The van der Waals surface area contributed by atoms with Crippen LogP contribution in [0.5, 0.6) is 0 Å². The molecule has 1 rings (SSSR count). The first-order chi connectivity index (χ1) is 6.79. The lowest BCUT2D eigenvalue weighted by molar-refractivity contribution is 0.266. The highest BCUT2D eigenvalue weighted by molar-refractivity contribution is 5.86. The number of amidine groups is 1. The van der Waals surface area contributed by atoms with Crippen LogP contribution in [-0.2, 0) is 0 Å². The molecular formula is C9H17N5. The highest BCUT2D eigenvalue weighted by Crippen LogP contribution is 2.11. The molecule has 0 aromatic heterocycles. The van der Waals surface area contributed by atoms with E-state index in [0.717, 1.165) is 38.1 Å². The quantitative estimate of drug-likeness (QED) is 0.395. The van der Waals surface area contributed by atoms with Crippen molar-refractivity contribution in [2.45, 2.75) is 25.8 Å². The van der Waals surface area contributed by atoms with Crippen molar-refractivity contribution in [3.63, 3.8) is 0 Å². The van der Waals surface area contributed by atoms with Crippen LogP contribution in [0.3, 0.4) is 0 Å². The molecule has 0 saturated carbocycles. The monoisotopic (exact) mass is 195 g/mol. The van der Waals surface area contributed by atoms with Gasteiger partial charge >= 0.3 is 0 Å². The summed E-state index contributed by atoms with van der Waals surface area (Å²) < 4.78 is 0. The number of rotatable bonds is 3. The Hall–Kier alpha value is -1.23. The average molecular weight is 195 g/mol. The molecule has 14 heavy (non-hydrogen) atoms. The van der Waals surface area contributed by atoms with Gasteiger partial charge in [0.2, 0.25) is 0 Å². The minimum absolute atomic E-state index is 0.324. The van der Waals surface area contributed by atoms with E-state index < -0.39 is 0 Å². The standard InChI is InChI=1S/C9H17N5/c1-8(13-7-10)14(11-2)9-4-3-5-12-6-9/h7,9-10,12H,2-6H2,1H3/b10-7?,13-8+/t9-/m1/s1. The molecule has 1 fully saturated rings. The van der Waals surface area contributed by atoms with Gasteiger partial charge in [0, 0.05) is 13.3 Å². The Kier molecular flexibility index (Phi) is 4.25. The molecule has 5 heteroatoms. The molecule has 0 radical (unpaired) electrons. The summed E-state index contributed by atoms with van der Waals surface area (Å²) in [5.74, 6) is 0.726. The van der Waals surface area contributed by atoms with E-state index in [4.69, 9.17) is 5.41 Å². The van der Waals surface area contributed by atoms with Crippen LogP contribution in [0.2, 0.25) is 0 Å². The number of piperidine rings is 1. The highest BCUT2D eigenvalue weighted by Gasteiger charge is 2.20. The second-order valence-corrected chi connectivity index (χ2v) is 3.29.